The summed E-state index contributed by atoms with van der Waals surface area (Å²) in [5.41, 5.74) is 0.523. The Morgan fingerprint density at radius 3 is 2.57 bits per heavy atom. The van der Waals surface area contributed by atoms with Gasteiger partial charge in [0.1, 0.15) is 5.25 Å². The van der Waals surface area contributed by atoms with E-state index < -0.39 is 22.6 Å². The molecule has 0 aliphatic heterocycles. The highest BCUT2D eigenvalue weighted by Crippen LogP contribution is 2.26. The van der Waals surface area contributed by atoms with Crippen molar-refractivity contribution >= 4 is 70.5 Å². The van der Waals surface area contributed by atoms with Crippen LogP contribution in [-0.4, -0.2) is 41.7 Å². The zero-order valence-corrected chi connectivity index (χ0v) is 15.3. The van der Waals surface area contributed by atoms with Crippen LogP contribution in [0.5, 0.6) is 0 Å². The van der Waals surface area contributed by atoms with Crippen LogP contribution in [-0.2, 0) is 9.53 Å². The van der Waals surface area contributed by atoms with Crippen molar-refractivity contribution in [3.05, 3.63) is 27.7 Å². The van der Waals surface area contributed by atoms with E-state index in [-0.39, 0.29) is 0 Å². The number of anilines is 1. The van der Waals surface area contributed by atoms with Gasteiger partial charge in [0.25, 0.3) is 0 Å². The van der Waals surface area contributed by atoms with Gasteiger partial charge in [0.05, 0.1) is 17.5 Å². The predicted molar refractivity (Wildman–Crippen MR) is 93.5 cm³/mol. The molecule has 2 unspecified atom stereocenters. The van der Waals surface area contributed by atoms with Crippen LogP contribution < -0.4 is 5.32 Å². The van der Waals surface area contributed by atoms with Crippen LogP contribution in [0.2, 0.25) is 5.02 Å². The maximum atomic E-state index is 12.1. The number of carbonyl (C=O) groups excluding carboxylic acids is 2. The number of ether oxygens (including phenoxy) is 1. The van der Waals surface area contributed by atoms with Gasteiger partial charge in [-0.05, 0) is 34.1 Å². The van der Waals surface area contributed by atoms with E-state index in [2.05, 4.69) is 51.2 Å². The molecule has 9 heteroatoms. The average molecular weight is 414 g/mol. The number of urea groups is 1. The van der Waals surface area contributed by atoms with E-state index in [0.717, 1.165) is 4.47 Å². The third-order valence-corrected chi connectivity index (χ3v) is 5.22. The number of benzene rings is 1. The molecule has 0 spiro atoms. The number of halogens is 2. The molecule has 0 aromatic heterocycles. The van der Waals surface area contributed by atoms with E-state index in [1.165, 1.54) is 19.1 Å². The molecule has 0 saturated carbocycles. The van der Waals surface area contributed by atoms with Gasteiger partial charge < -0.3 is 15.0 Å². The molecule has 2 atom stereocenters. The highest BCUT2D eigenvalue weighted by molar-refractivity contribution is 9.10. The molecule has 0 aliphatic carbocycles. The van der Waals surface area contributed by atoms with Crippen LogP contribution in [0.25, 0.3) is 0 Å². The third kappa shape index (κ3) is 4.98. The first-order chi connectivity index (χ1) is 9.77. The van der Waals surface area contributed by atoms with Crippen LogP contribution in [0.15, 0.2) is 22.7 Å². The lowest BCUT2D eigenvalue weighted by molar-refractivity contribution is -0.140. The minimum atomic E-state index is -0.859. The molecule has 0 radical (unpaired) electrons. The van der Waals surface area contributed by atoms with Gasteiger partial charge in [0.2, 0.25) is 0 Å². The van der Waals surface area contributed by atoms with E-state index in [0.29, 0.717) is 10.7 Å². The van der Waals surface area contributed by atoms with Crippen LogP contribution in [0.3, 0.4) is 0 Å². The zero-order valence-electron chi connectivity index (χ0n) is 11.2. The van der Waals surface area contributed by atoms with Crippen LogP contribution in [0.4, 0.5) is 10.5 Å². The normalized spacial score (nSPS) is 13.2. The summed E-state index contributed by atoms with van der Waals surface area (Å²) in [7, 11) is 2.75. The first-order valence-corrected chi connectivity index (χ1v) is 7.91. The molecule has 1 rings (SSSR count). The van der Waals surface area contributed by atoms with E-state index >= 15 is 0 Å². The van der Waals surface area contributed by atoms with Crippen molar-refractivity contribution in [3.63, 3.8) is 0 Å². The van der Waals surface area contributed by atoms with Crippen LogP contribution >= 0.6 is 52.8 Å². The zero-order chi connectivity index (χ0) is 16.2. The number of esters is 1. The molecule has 21 heavy (non-hydrogen) atoms. The van der Waals surface area contributed by atoms with Gasteiger partial charge in [-0.3, -0.25) is 4.79 Å². The fourth-order valence-corrected chi connectivity index (χ4v) is 2.32. The minimum absolute atomic E-state index is 0.448. The molecule has 2 amide bonds. The number of nitrogens with zero attached hydrogens (tertiary/aromatic N) is 1. The van der Waals surface area contributed by atoms with Crippen molar-refractivity contribution in [1.82, 2.24) is 4.90 Å². The maximum absolute atomic E-state index is 12.1. The van der Waals surface area contributed by atoms with Crippen molar-refractivity contribution in [2.75, 3.05) is 19.5 Å². The number of amides is 2. The van der Waals surface area contributed by atoms with Crippen LogP contribution in [0.1, 0.15) is 0 Å². The third-order valence-electron chi connectivity index (χ3n) is 2.61. The van der Waals surface area contributed by atoms with Gasteiger partial charge in [-0.25, -0.2) is 4.79 Å². The van der Waals surface area contributed by atoms with Gasteiger partial charge in [0, 0.05) is 17.2 Å². The van der Waals surface area contributed by atoms with Crippen molar-refractivity contribution in [2.24, 2.45) is 0 Å². The monoisotopic (exact) mass is 412 g/mol. The number of hydrogen-bond acceptors (Lipinski definition) is 5. The van der Waals surface area contributed by atoms with Crippen molar-refractivity contribution < 1.29 is 14.3 Å². The molecule has 0 aliphatic rings. The standard InChI is InChI=1S/C12H14BrClN2O3S2/c1-16(10(21)9(20)11(17)19-2)12(18)15-6-3-4-7(13)8(14)5-6/h3-5,9-10,20-21H,1-2H3,(H,15,18). The van der Waals surface area contributed by atoms with Gasteiger partial charge in [-0.2, -0.15) is 25.3 Å². The molecule has 5 nitrogen and oxygen atoms in total. The number of hydrogen-bond donors (Lipinski definition) is 3. The Hall–Kier alpha value is -0.570. The number of thiol groups is 2. The summed E-state index contributed by atoms with van der Waals surface area (Å²) in [4.78, 5) is 24.7. The average Bonchev–Trinajstić information content (AvgIpc) is 2.47. The largest absolute Gasteiger partial charge is 0.468 e. The minimum Gasteiger partial charge on any atom is -0.468 e. The second-order valence-corrected chi connectivity index (χ2v) is 6.40. The Balaban J connectivity index is 2.74. The summed E-state index contributed by atoms with van der Waals surface area (Å²) < 4.78 is 5.29. The van der Waals surface area contributed by atoms with Crippen molar-refractivity contribution in [1.29, 1.82) is 0 Å². The molecule has 116 valence electrons. The van der Waals surface area contributed by atoms with Crippen molar-refractivity contribution in [2.45, 2.75) is 10.6 Å². The van der Waals surface area contributed by atoms with E-state index in [1.54, 1.807) is 18.2 Å². The molecule has 1 aromatic rings. The molecule has 0 saturated heterocycles. The van der Waals surface area contributed by atoms with Gasteiger partial charge in [-0.1, -0.05) is 11.6 Å². The van der Waals surface area contributed by atoms with Gasteiger partial charge in [-0.15, -0.1) is 0 Å². The van der Waals surface area contributed by atoms with E-state index in [1.807, 2.05) is 0 Å². The molecule has 0 fully saturated rings. The summed E-state index contributed by atoms with van der Waals surface area (Å²) in [5.74, 6) is -0.565. The molecular formula is C12H14BrClN2O3S2. The lowest BCUT2D eigenvalue weighted by Crippen LogP contribution is -2.44. The Kier molecular flexibility index (Phi) is 7.19. The first kappa shape index (κ1) is 18.5. The summed E-state index contributed by atoms with van der Waals surface area (Å²) in [5, 5.41) is 1.52. The summed E-state index contributed by atoms with van der Waals surface area (Å²) in [6, 6.07) is 4.56. The quantitative estimate of drug-likeness (QED) is 0.403. The number of methoxy groups -OCH3 is 1. The second kappa shape index (κ2) is 8.17. The summed E-state index contributed by atoms with van der Waals surface area (Å²) in [6.45, 7) is 0. The van der Waals surface area contributed by atoms with Gasteiger partial charge in [0.15, 0.2) is 0 Å². The smallest absolute Gasteiger partial charge is 0.322 e. The Labute approximate surface area is 147 Å². The van der Waals surface area contributed by atoms with Crippen LogP contribution in [0, 0.1) is 0 Å². The SMILES string of the molecule is COC(=O)C(S)C(S)N(C)C(=O)Nc1ccc(Br)c(Cl)c1. The molecule has 0 heterocycles. The number of nitrogens with one attached hydrogen (secondary N) is 1. The predicted octanol–water partition coefficient (Wildman–Crippen LogP) is 3.29. The summed E-state index contributed by atoms with van der Waals surface area (Å²) in [6.07, 6.45) is 0. The molecule has 1 N–H and O–H groups in total. The molecular weight excluding hydrogens is 400 g/mol. The lowest BCUT2D eigenvalue weighted by atomic mass is 10.3. The lowest BCUT2D eigenvalue weighted by Gasteiger charge is -2.27. The fourth-order valence-electron chi connectivity index (χ4n) is 1.36. The van der Waals surface area contributed by atoms with Crippen molar-refractivity contribution in [3.8, 4) is 0 Å². The second-order valence-electron chi connectivity index (χ2n) is 4.05. The summed E-state index contributed by atoms with van der Waals surface area (Å²) >= 11 is 17.5. The maximum Gasteiger partial charge on any atom is 0.322 e. The highest BCUT2D eigenvalue weighted by atomic mass is 79.9. The topological polar surface area (TPSA) is 58.6 Å². The highest BCUT2D eigenvalue weighted by Gasteiger charge is 2.29. The van der Waals surface area contributed by atoms with E-state index in [4.69, 9.17) is 11.6 Å². The molecule has 1 aromatic carbocycles. The number of rotatable bonds is 4. The first-order valence-electron chi connectivity index (χ1n) is 5.70. The van der Waals surface area contributed by atoms with E-state index in [9.17, 15) is 9.59 Å². The Morgan fingerprint density at radius 2 is 2.05 bits per heavy atom. The number of carbonyl (C=O) groups is 2. The Morgan fingerprint density at radius 1 is 1.43 bits per heavy atom. The Bertz CT molecular complexity index is 547. The molecule has 0 bridgehead atoms. The fraction of sp³-hybridized carbons (Fsp3) is 0.333. The van der Waals surface area contributed by atoms with Gasteiger partial charge >= 0.3 is 12.0 Å².